The third kappa shape index (κ3) is 1.33. The van der Waals surface area contributed by atoms with Gasteiger partial charge in [0.25, 0.3) is 0 Å². The van der Waals surface area contributed by atoms with E-state index in [0.29, 0.717) is 6.61 Å². The predicted octanol–water partition coefficient (Wildman–Crippen LogP) is 0.923. The summed E-state index contributed by atoms with van der Waals surface area (Å²) in [4.78, 5) is 11.3. The average Bonchev–Trinajstić information content (AvgIpc) is 2.00. The van der Waals surface area contributed by atoms with E-state index in [2.05, 4.69) is 0 Å². The molecule has 0 unspecified atom stereocenters. The van der Waals surface area contributed by atoms with Crippen molar-refractivity contribution in [1.82, 2.24) is 0 Å². The van der Waals surface area contributed by atoms with Crippen LogP contribution in [0, 0.1) is 11.3 Å². The van der Waals surface area contributed by atoms with Crippen molar-refractivity contribution in [2.24, 2.45) is 17.1 Å². The third-order valence-electron chi connectivity index (χ3n) is 2.91. The zero-order valence-corrected chi connectivity index (χ0v) is 7.96. The molecule has 0 aromatic heterocycles. The highest BCUT2D eigenvalue weighted by Crippen LogP contribution is 2.45. The summed E-state index contributed by atoms with van der Waals surface area (Å²) in [6.45, 7) is 6.32. The van der Waals surface area contributed by atoms with E-state index in [1.165, 1.54) is 0 Å². The maximum absolute atomic E-state index is 11.3. The van der Waals surface area contributed by atoms with E-state index in [1.807, 2.05) is 20.8 Å². The van der Waals surface area contributed by atoms with E-state index in [9.17, 15) is 4.79 Å². The Bertz CT molecular complexity index is 189. The zero-order valence-electron chi connectivity index (χ0n) is 7.96. The lowest BCUT2D eigenvalue weighted by Crippen LogP contribution is -2.57. The quantitative estimate of drug-likeness (QED) is 0.629. The predicted molar refractivity (Wildman–Crippen MR) is 46.5 cm³/mol. The number of hydrogen-bond acceptors (Lipinski definition) is 3. The summed E-state index contributed by atoms with van der Waals surface area (Å²) in [5.74, 6) is -0.0864. The van der Waals surface area contributed by atoms with Crippen molar-refractivity contribution < 1.29 is 9.53 Å². The largest absolute Gasteiger partial charge is 0.466 e. The third-order valence-corrected chi connectivity index (χ3v) is 2.91. The van der Waals surface area contributed by atoms with E-state index in [1.54, 1.807) is 0 Å². The van der Waals surface area contributed by atoms with Crippen LogP contribution in [-0.4, -0.2) is 18.6 Å². The van der Waals surface area contributed by atoms with E-state index in [-0.39, 0.29) is 23.3 Å². The van der Waals surface area contributed by atoms with Crippen molar-refractivity contribution in [2.45, 2.75) is 33.2 Å². The highest BCUT2D eigenvalue weighted by molar-refractivity contribution is 5.75. The highest BCUT2D eigenvalue weighted by Gasteiger charge is 2.50. The molecule has 70 valence electrons. The van der Waals surface area contributed by atoms with Gasteiger partial charge in [0, 0.05) is 6.04 Å². The van der Waals surface area contributed by atoms with Crippen molar-refractivity contribution in [1.29, 1.82) is 0 Å². The molecule has 0 aromatic rings. The summed E-state index contributed by atoms with van der Waals surface area (Å²) in [5, 5.41) is 0. The van der Waals surface area contributed by atoms with Crippen molar-refractivity contribution in [2.75, 3.05) is 6.61 Å². The minimum absolute atomic E-state index is 0.00690. The smallest absolute Gasteiger partial charge is 0.309 e. The lowest BCUT2D eigenvalue weighted by atomic mass is 9.59. The van der Waals surface area contributed by atoms with Crippen LogP contribution in [0.15, 0.2) is 0 Å². The summed E-state index contributed by atoms with van der Waals surface area (Å²) >= 11 is 0. The number of esters is 1. The molecule has 12 heavy (non-hydrogen) atoms. The standard InChI is InChI=1S/C9H17NO2/c1-4-12-8(11)6-5-7(10)9(6,2)3/h6-7H,4-5,10H2,1-3H3/t6-,7-/m1/s1. The van der Waals surface area contributed by atoms with Gasteiger partial charge in [0.2, 0.25) is 0 Å². The molecule has 3 heteroatoms. The molecule has 0 saturated heterocycles. The molecule has 0 bridgehead atoms. The Morgan fingerprint density at radius 1 is 1.67 bits per heavy atom. The Morgan fingerprint density at radius 3 is 2.58 bits per heavy atom. The van der Waals surface area contributed by atoms with Crippen LogP contribution in [0.25, 0.3) is 0 Å². The minimum atomic E-state index is -0.0933. The number of carbonyl (C=O) groups excluding carboxylic acids is 1. The molecule has 0 spiro atoms. The van der Waals surface area contributed by atoms with Crippen LogP contribution in [0.3, 0.4) is 0 Å². The fourth-order valence-corrected chi connectivity index (χ4v) is 1.60. The van der Waals surface area contributed by atoms with Gasteiger partial charge in [-0.15, -0.1) is 0 Å². The number of ether oxygens (including phenoxy) is 1. The average molecular weight is 171 g/mol. The van der Waals surface area contributed by atoms with Gasteiger partial charge in [0.1, 0.15) is 0 Å². The first kappa shape index (κ1) is 9.52. The monoisotopic (exact) mass is 171 g/mol. The first-order valence-corrected chi connectivity index (χ1v) is 4.42. The first-order chi connectivity index (χ1) is 5.50. The molecule has 1 aliphatic carbocycles. The van der Waals surface area contributed by atoms with Crippen molar-refractivity contribution in [3.05, 3.63) is 0 Å². The normalized spacial score (nSPS) is 32.3. The molecular formula is C9H17NO2. The summed E-state index contributed by atoms with van der Waals surface area (Å²) in [6, 6.07) is 0.145. The fourth-order valence-electron chi connectivity index (χ4n) is 1.60. The molecule has 3 nitrogen and oxygen atoms in total. The summed E-state index contributed by atoms with van der Waals surface area (Å²) < 4.78 is 4.94. The Kier molecular flexibility index (Phi) is 2.42. The topological polar surface area (TPSA) is 52.3 Å². The highest BCUT2D eigenvalue weighted by atomic mass is 16.5. The van der Waals surface area contributed by atoms with Gasteiger partial charge in [0.05, 0.1) is 12.5 Å². The number of nitrogens with two attached hydrogens (primary N) is 1. The maximum atomic E-state index is 11.3. The second kappa shape index (κ2) is 3.05. The van der Waals surface area contributed by atoms with Gasteiger partial charge in [-0.1, -0.05) is 13.8 Å². The van der Waals surface area contributed by atoms with E-state index < -0.39 is 0 Å². The molecule has 0 amide bonds. The molecule has 1 aliphatic rings. The molecule has 0 aromatic carbocycles. The van der Waals surface area contributed by atoms with Crippen LogP contribution in [0.5, 0.6) is 0 Å². The van der Waals surface area contributed by atoms with E-state index in [4.69, 9.17) is 10.5 Å². The molecular weight excluding hydrogens is 154 g/mol. The lowest BCUT2D eigenvalue weighted by molar-refractivity contribution is -0.160. The molecule has 1 fully saturated rings. The molecule has 2 atom stereocenters. The lowest BCUT2D eigenvalue weighted by Gasteiger charge is -2.48. The van der Waals surface area contributed by atoms with Crippen LogP contribution in [0.4, 0.5) is 0 Å². The van der Waals surface area contributed by atoms with Gasteiger partial charge in [-0.3, -0.25) is 4.79 Å². The molecule has 0 heterocycles. The van der Waals surface area contributed by atoms with Crippen LogP contribution in [0.2, 0.25) is 0 Å². The second-order valence-corrected chi connectivity index (χ2v) is 3.97. The Hall–Kier alpha value is -0.570. The van der Waals surface area contributed by atoms with Crippen molar-refractivity contribution in [3.63, 3.8) is 0 Å². The summed E-state index contributed by atoms with van der Waals surface area (Å²) in [6.07, 6.45) is 0.770. The van der Waals surface area contributed by atoms with Gasteiger partial charge in [-0.2, -0.15) is 0 Å². The molecule has 1 rings (SSSR count). The molecule has 2 N–H and O–H groups in total. The van der Waals surface area contributed by atoms with Gasteiger partial charge in [0.15, 0.2) is 0 Å². The Labute approximate surface area is 73.3 Å². The number of carbonyl (C=O) groups is 1. The van der Waals surface area contributed by atoms with E-state index >= 15 is 0 Å². The zero-order chi connectivity index (χ0) is 9.35. The first-order valence-electron chi connectivity index (χ1n) is 4.42. The van der Waals surface area contributed by atoms with E-state index in [0.717, 1.165) is 6.42 Å². The molecule has 0 radical (unpaired) electrons. The van der Waals surface area contributed by atoms with Crippen molar-refractivity contribution >= 4 is 5.97 Å². The van der Waals surface area contributed by atoms with Gasteiger partial charge in [-0.05, 0) is 18.8 Å². The Morgan fingerprint density at radius 2 is 2.25 bits per heavy atom. The summed E-state index contributed by atoms with van der Waals surface area (Å²) in [5.41, 5.74) is 5.70. The molecule has 1 saturated carbocycles. The summed E-state index contributed by atoms with van der Waals surface area (Å²) in [7, 11) is 0. The van der Waals surface area contributed by atoms with Crippen LogP contribution in [-0.2, 0) is 9.53 Å². The van der Waals surface area contributed by atoms with Crippen LogP contribution >= 0.6 is 0 Å². The fraction of sp³-hybridized carbons (Fsp3) is 0.889. The van der Waals surface area contributed by atoms with Crippen LogP contribution < -0.4 is 5.73 Å². The maximum Gasteiger partial charge on any atom is 0.309 e. The van der Waals surface area contributed by atoms with Gasteiger partial charge in [-0.25, -0.2) is 0 Å². The Balaban J connectivity index is 2.51. The number of rotatable bonds is 2. The van der Waals surface area contributed by atoms with Crippen molar-refractivity contribution in [3.8, 4) is 0 Å². The second-order valence-electron chi connectivity index (χ2n) is 3.97. The van der Waals surface area contributed by atoms with Crippen LogP contribution in [0.1, 0.15) is 27.2 Å². The molecule has 0 aliphatic heterocycles. The van der Waals surface area contributed by atoms with Gasteiger partial charge >= 0.3 is 5.97 Å². The van der Waals surface area contributed by atoms with Gasteiger partial charge < -0.3 is 10.5 Å². The number of hydrogen-bond donors (Lipinski definition) is 1. The SMILES string of the molecule is CCOC(=O)[C@H]1C[C@@H](N)C1(C)C. The minimum Gasteiger partial charge on any atom is -0.466 e.